The molecule has 3 rings (SSSR count). The first-order valence-electron chi connectivity index (χ1n) is 7.46. The number of ether oxygens (including phenoxy) is 1. The van der Waals surface area contributed by atoms with E-state index < -0.39 is 17.3 Å². The third kappa shape index (κ3) is 2.32. The topological polar surface area (TPSA) is 95.9 Å². The quantitative estimate of drug-likeness (QED) is 0.789. The molecule has 0 saturated heterocycles. The number of hydrogen-bond acceptors (Lipinski definition) is 4. The largest absolute Gasteiger partial charge is 0.491 e. The maximum Gasteiger partial charge on any atom is 0.335 e. The highest BCUT2D eigenvalue weighted by Gasteiger charge is 2.44. The molecule has 24 heavy (non-hydrogen) atoms. The number of hydrogen-bond donors (Lipinski definition) is 3. The number of fused-ring (bicyclic) bond motifs is 1. The summed E-state index contributed by atoms with van der Waals surface area (Å²) in [5.74, 6) is -1.26. The lowest BCUT2D eigenvalue weighted by atomic mass is 9.76. The molecule has 2 aromatic carbocycles. The molecule has 0 unspecified atom stereocenters. The van der Waals surface area contributed by atoms with Gasteiger partial charge in [0.1, 0.15) is 12.4 Å². The van der Waals surface area contributed by atoms with E-state index in [4.69, 9.17) is 4.74 Å². The standard InChI is InChI=1S/C18H17NO5/c1-19-16(21)13-7-11(17(22)23)8-14-15(13)24-10-18(14,9-20)12-5-3-2-4-6-12/h2-8,20H,9-10H2,1H3,(H,19,21)(H,22,23)/t18-/m1/s1. The van der Waals surface area contributed by atoms with Gasteiger partial charge in [0.15, 0.2) is 0 Å². The van der Waals surface area contributed by atoms with Crippen LogP contribution in [0.4, 0.5) is 0 Å². The molecule has 0 aliphatic carbocycles. The zero-order chi connectivity index (χ0) is 17.3. The Morgan fingerprint density at radius 2 is 1.96 bits per heavy atom. The molecule has 6 nitrogen and oxygen atoms in total. The molecule has 1 atom stereocenters. The fourth-order valence-corrected chi connectivity index (χ4v) is 3.06. The monoisotopic (exact) mass is 327 g/mol. The second-order valence-corrected chi connectivity index (χ2v) is 5.68. The molecular formula is C18H17NO5. The molecule has 0 aromatic heterocycles. The zero-order valence-electron chi connectivity index (χ0n) is 13.1. The van der Waals surface area contributed by atoms with Gasteiger partial charge in [-0.05, 0) is 17.7 Å². The Kier molecular flexibility index (Phi) is 3.99. The number of rotatable bonds is 4. The first-order valence-corrected chi connectivity index (χ1v) is 7.46. The van der Waals surface area contributed by atoms with Crippen molar-refractivity contribution in [1.82, 2.24) is 5.32 Å². The van der Waals surface area contributed by atoms with Crippen molar-refractivity contribution in [3.05, 3.63) is 64.7 Å². The van der Waals surface area contributed by atoms with Crippen LogP contribution in [0.3, 0.4) is 0 Å². The van der Waals surface area contributed by atoms with Crippen molar-refractivity contribution in [3.8, 4) is 5.75 Å². The van der Waals surface area contributed by atoms with E-state index in [0.717, 1.165) is 5.56 Å². The molecule has 3 N–H and O–H groups in total. The van der Waals surface area contributed by atoms with Crippen molar-refractivity contribution in [2.45, 2.75) is 5.41 Å². The summed E-state index contributed by atoms with van der Waals surface area (Å²) in [6.45, 7) is -0.129. The third-order valence-electron chi connectivity index (χ3n) is 4.38. The average molecular weight is 327 g/mol. The van der Waals surface area contributed by atoms with Gasteiger partial charge in [0.25, 0.3) is 5.91 Å². The molecular weight excluding hydrogens is 310 g/mol. The van der Waals surface area contributed by atoms with Crippen LogP contribution in [-0.4, -0.2) is 42.4 Å². The average Bonchev–Trinajstić information content (AvgIpc) is 3.00. The number of carbonyl (C=O) groups is 2. The van der Waals surface area contributed by atoms with Crippen LogP contribution in [0.5, 0.6) is 5.75 Å². The van der Waals surface area contributed by atoms with E-state index in [0.29, 0.717) is 11.3 Å². The van der Waals surface area contributed by atoms with Gasteiger partial charge < -0.3 is 20.3 Å². The van der Waals surface area contributed by atoms with Gasteiger partial charge in [0, 0.05) is 12.6 Å². The van der Waals surface area contributed by atoms with Gasteiger partial charge in [-0.25, -0.2) is 4.79 Å². The minimum absolute atomic E-state index is 0.0217. The van der Waals surface area contributed by atoms with Crippen molar-refractivity contribution in [1.29, 1.82) is 0 Å². The second kappa shape index (κ2) is 5.98. The Hall–Kier alpha value is -2.86. The smallest absolute Gasteiger partial charge is 0.335 e. The summed E-state index contributed by atoms with van der Waals surface area (Å²) >= 11 is 0. The lowest BCUT2D eigenvalue weighted by molar-refractivity contribution is 0.0696. The fraction of sp³-hybridized carbons (Fsp3) is 0.222. The van der Waals surface area contributed by atoms with E-state index in [1.165, 1.54) is 19.2 Å². The SMILES string of the molecule is CNC(=O)c1cc(C(=O)O)cc2c1OC[C@]2(CO)c1ccccc1. The van der Waals surface area contributed by atoms with Crippen LogP contribution in [0.25, 0.3) is 0 Å². The number of nitrogens with one attached hydrogen (secondary N) is 1. The molecule has 124 valence electrons. The van der Waals surface area contributed by atoms with Crippen LogP contribution in [0.1, 0.15) is 31.8 Å². The van der Waals surface area contributed by atoms with E-state index in [2.05, 4.69) is 5.32 Å². The van der Waals surface area contributed by atoms with E-state index in [1.54, 1.807) is 0 Å². The van der Waals surface area contributed by atoms with Crippen molar-refractivity contribution < 1.29 is 24.5 Å². The summed E-state index contributed by atoms with van der Waals surface area (Å²) in [4.78, 5) is 23.6. The zero-order valence-corrected chi connectivity index (χ0v) is 13.1. The van der Waals surface area contributed by atoms with Crippen LogP contribution >= 0.6 is 0 Å². The lowest BCUT2D eigenvalue weighted by Gasteiger charge is -2.26. The van der Waals surface area contributed by atoms with Gasteiger partial charge in [0.05, 0.1) is 23.1 Å². The molecule has 2 aromatic rings. The molecule has 0 bridgehead atoms. The van der Waals surface area contributed by atoms with Crippen molar-refractivity contribution >= 4 is 11.9 Å². The van der Waals surface area contributed by atoms with E-state index >= 15 is 0 Å². The Balaban J connectivity index is 2.28. The Morgan fingerprint density at radius 3 is 2.54 bits per heavy atom. The molecule has 1 aliphatic heterocycles. The number of amides is 1. The Bertz CT molecular complexity index is 803. The number of carbonyl (C=O) groups excluding carboxylic acids is 1. The summed E-state index contributed by atoms with van der Waals surface area (Å²) in [5, 5.41) is 22.0. The van der Waals surface area contributed by atoms with Crippen LogP contribution < -0.4 is 10.1 Å². The molecule has 6 heteroatoms. The molecule has 0 saturated carbocycles. The highest BCUT2D eigenvalue weighted by Crippen LogP contribution is 2.45. The molecule has 1 amide bonds. The van der Waals surface area contributed by atoms with E-state index in [-0.39, 0.29) is 24.3 Å². The maximum atomic E-state index is 12.1. The maximum absolute atomic E-state index is 12.1. The van der Waals surface area contributed by atoms with Crippen LogP contribution in [0.2, 0.25) is 0 Å². The van der Waals surface area contributed by atoms with E-state index in [1.807, 2.05) is 30.3 Å². The number of aliphatic hydroxyl groups is 1. The Labute approximate surface area is 138 Å². The molecule has 1 heterocycles. The van der Waals surface area contributed by atoms with Crippen molar-refractivity contribution in [2.75, 3.05) is 20.3 Å². The van der Waals surface area contributed by atoms with Gasteiger partial charge in [-0.2, -0.15) is 0 Å². The summed E-state index contributed by atoms with van der Waals surface area (Å²) in [5.41, 5.74) is 0.543. The van der Waals surface area contributed by atoms with E-state index in [9.17, 15) is 19.8 Å². The summed E-state index contributed by atoms with van der Waals surface area (Å²) in [7, 11) is 1.47. The minimum Gasteiger partial charge on any atom is -0.491 e. The first kappa shape index (κ1) is 16.0. The van der Waals surface area contributed by atoms with Gasteiger partial charge in [-0.1, -0.05) is 30.3 Å². The van der Waals surface area contributed by atoms with Crippen molar-refractivity contribution in [2.24, 2.45) is 0 Å². The van der Waals surface area contributed by atoms with Crippen LogP contribution in [0.15, 0.2) is 42.5 Å². The van der Waals surface area contributed by atoms with Gasteiger partial charge in [-0.15, -0.1) is 0 Å². The second-order valence-electron chi connectivity index (χ2n) is 5.68. The summed E-state index contributed by atoms with van der Waals surface area (Å²) < 4.78 is 5.73. The number of aliphatic hydroxyl groups excluding tert-OH is 1. The molecule has 0 radical (unpaired) electrons. The highest BCUT2D eigenvalue weighted by atomic mass is 16.5. The van der Waals surface area contributed by atoms with Crippen molar-refractivity contribution in [3.63, 3.8) is 0 Å². The van der Waals surface area contributed by atoms with Gasteiger partial charge >= 0.3 is 5.97 Å². The minimum atomic E-state index is -1.14. The van der Waals surface area contributed by atoms with Gasteiger partial charge in [0.2, 0.25) is 0 Å². The number of benzene rings is 2. The summed E-state index contributed by atoms with van der Waals surface area (Å²) in [6.07, 6.45) is 0. The summed E-state index contributed by atoms with van der Waals surface area (Å²) in [6, 6.07) is 12.0. The molecule has 0 fully saturated rings. The normalized spacial score (nSPS) is 18.6. The molecule has 0 spiro atoms. The predicted molar refractivity (Wildman–Crippen MR) is 86.6 cm³/mol. The lowest BCUT2D eigenvalue weighted by Crippen LogP contribution is -2.34. The number of carboxylic acids is 1. The Morgan fingerprint density at radius 1 is 1.25 bits per heavy atom. The fourth-order valence-electron chi connectivity index (χ4n) is 3.06. The number of aromatic carboxylic acids is 1. The predicted octanol–water partition coefficient (Wildman–Crippen LogP) is 1.42. The van der Waals surface area contributed by atoms with Crippen LogP contribution in [0, 0.1) is 0 Å². The van der Waals surface area contributed by atoms with Crippen LogP contribution in [-0.2, 0) is 5.41 Å². The first-order chi connectivity index (χ1) is 11.5. The number of carboxylic acid groups (broad SMARTS) is 1. The molecule has 1 aliphatic rings. The highest BCUT2D eigenvalue weighted by molar-refractivity contribution is 6.00. The third-order valence-corrected chi connectivity index (χ3v) is 4.38. The van der Waals surface area contributed by atoms with Gasteiger partial charge in [-0.3, -0.25) is 4.79 Å².